The lowest BCUT2D eigenvalue weighted by molar-refractivity contribution is -0.917. The molecule has 0 spiro atoms. The maximum absolute atomic E-state index is 13.4. The quantitative estimate of drug-likeness (QED) is 0.503. The molecule has 1 aliphatic carbocycles. The summed E-state index contributed by atoms with van der Waals surface area (Å²) in [7, 11) is 2.25. The molecule has 32 heavy (non-hydrogen) atoms. The summed E-state index contributed by atoms with van der Waals surface area (Å²) in [5, 5.41) is 11.7. The Hall–Kier alpha value is -2.31. The Bertz CT molecular complexity index is 872. The monoisotopic (exact) mass is 438 g/mol. The largest absolute Gasteiger partial charge is 0.454 e. The predicted molar refractivity (Wildman–Crippen MR) is 123 cm³/mol. The Morgan fingerprint density at radius 2 is 1.94 bits per heavy atom. The summed E-state index contributed by atoms with van der Waals surface area (Å²) in [6.07, 6.45) is 10.9. The van der Waals surface area contributed by atoms with Crippen LogP contribution in [0.15, 0.2) is 48.9 Å². The average molecular weight is 439 g/mol. The molecule has 1 aromatic heterocycles. The molecule has 1 aliphatic heterocycles. The number of ether oxygens (including phenoxy) is 1. The van der Waals surface area contributed by atoms with E-state index < -0.39 is 11.6 Å². The maximum atomic E-state index is 13.4. The van der Waals surface area contributed by atoms with Crippen molar-refractivity contribution in [1.82, 2.24) is 9.97 Å². The molecule has 2 heterocycles. The number of quaternary nitrogens is 1. The molecule has 1 saturated heterocycles. The van der Waals surface area contributed by atoms with Gasteiger partial charge in [0.1, 0.15) is 12.9 Å². The zero-order valence-electron chi connectivity index (χ0n) is 19.2. The topological polar surface area (TPSA) is 72.3 Å². The highest BCUT2D eigenvalue weighted by atomic mass is 16.6. The van der Waals surface area contributed by atoms with E-state index in [2.05, 4.69) is 17.0 Å². The van der Waals surface area contributed by atoms with Crippen LogP contribution in [0.3, 0.4) is 0 Å². The summed E-state index contributed by atoms with van der Waals surface area (Å²) in [5.74, 6) is -0.537. The highest BCUT2D eigenvalue weighted by Gasteiger charge is 2.49. The number of carbonyl (C=O) groups excluding carboxylic acids is 1. The molecule has 0 bridgehead atoms. The molecule has 2 fully saturated rings. The van der Waals surface area contributed by atoms with Crippen LogP contribution in [0.25, 0.3) is 0 Å². The van der Waals surface area contributed by atoms with Crippen molar-refractivity contribution >= 4 is 5.97 Å². The fourth-order valence-corrected chi connectivity index (χ4v) is 5.58. The molecule has 0 amide bonds. The fourth-order valence-electron chi connectivity index (χ4n) is 5.58. The Morgan fingerprint density at radius 1 is 1.16 bits per heavy atom. The number of likely N-dealkylation sites (N-methyl/N-ethyl adjacent to an activating group) is 1. The molecule has 6 heteroatoms. The first-order chi connectivity index (χ1) is 15.5. The van der Waals surface area contributed by atoms with Gasteiger partial charge in [0.25, 0.3) is 0 Å². The molecule has 1 saturated carbocycles. The molecule has 1 aromatic carbocycles. The van der Waals surface area contributed by atoms with Crippen molar-refractivity contribution in [2.45, 2.75) is 63.1 Å². The van der Waals surface area contributed by atoms with E-state index in [1.165, 1.54) is 0 Å². The van der Waals surface area contributed by atoms with Crippen molar-refractivity contribution in [2.24, 2.45) is 5.92 Å². The van der Waals surface area contributed by atoms with Crippen molar-refractivity contribution in [1.29, 1.82) is 0 Å². The van der Waals surface area contributed by atoms with Crippen LogP contribution in [0.4, 0.5) is 0 Å². The Morgan fingerprint density at radius 3 is 2.66 bits per heavy atom. The second-order valence-corrected chi connectivity index (χ2v) is 9.84. The molecule has 1 N–H and O–H groups in total. The third kappa shape index (κ3) is 5.18. The van der Waals surface area contributed by atoms with Crippen LogP contribution >= 0.6 is 0 Å². The predicted octanol–water partition coefficient (Wildman–Crippen LogP) is 3.64. The number of aliphatic hydroxyl groups is 1. The summed E-state index contributed by atoms with van der Waals surface area (Å²) in [6, 6.07) is 11.4. The van der Waals surface area contributed by atoms with E-state index in [9.17, 15) is 9.90 Å². The molecular weight excluding hydrogens is 402 g/mol. The van der Waals surface area contributed by atoms with E-state index in [0.29, 0.717) is 5.56 Å². The van der Waals surface area contributed by atoms with Crippen LogP contribution in [-0.2, 0) is 21.6 Å². The van der Waals surface area contributed by atoms with Gasteiger partial charge in [0.15, 0.2) is 11.7 Å². The summed E-state index contributed by atoms with van der Waals surface area (Å²) in [5.41, 5.74) is 0.178. The highest BCUT2D eigenvalue weighted by Crippen LogP contribution is 2.42. The molecular formula is C26H36N3O3+. The van der Waals surface area contributed by atoms with Crippen molar-refractivity contribution in [3.8, 4) is 0 Å². The van der Waals surface area contributed by atoms with E-state index in [4.69, 9.17) is 4.74 Å². The number of piperidine rings is 1. The lowest BCUT2D eigenvalue weighted by Crippen LogP contribution is -2.55. The lowest BCUT2D eigenvalue weighted by Gasteiger charge is -2.42. The number of rotatable bonds is 8. The van der Waals surface area contributed by atoms with Crippen molar-refractivity contribution in [2.75, 3.05) is 26.7 Å². The van der Waals surface area contributed by atoms with Gasteiger partial charge in [-0.3, -0.25) is 0 Å². The van der Waals surface area contributed by atoms with Gasteiger partial charge < -0.3 is 14.3 Å². The van der Waals surface area contributed by atoms with E-state index in [0.717, 1.165) is 81.2 Å². The van der Waals surface area contributed by atoms with E-state index >= 15 is 0 Å². The van der Waals surface area contributed by atoms with E-state index in [1.54, 1.807) is 12.5 Å². The Balaban J connectivity index is 1.40. The highest BCUT2D eigenvalue weighted by molar-refractivity contribution is 5.81. The van der Waals surface area contributed by atoms with E-state index in [-0.39, 0.29) is 12.0 Å². The third-order valence-corrected chi connectivity index (χ3v) is 7.39. The molecule has 0 radical (unpaired) electrons. The zero-order chi connectivity index (χ0) is 22.4. The van der Waals surface area contributed by atoms with Gasteiger partial charge in [-0.25, -0.2) is 14.8 Å². The summed E-state index contributed by atoms with van der Waals surface area (Å²) < 4.78 is 6.94. The van der Waals surface area contributed by atoms with Crippen molar-refractivity contribution in [3.63, 3.8) is 0 Å². The lowest BCUT2D eigenvalue weighted by atomic mass is 9.80. The van der Waals surface area contributed by atoms with Crippen LogP contribution in [0, 0.1) is 5.92 Å². The van der Waals surface area contributed by atoms with Crippen LogP contribution in [-0.4, -0.2) is 58.3 Å². The smallest absolute Gasteiger partial charge is 0.343 e. The van der Waals surface area contributed by atoms with Gasteiger partial charge in [0.2, 0.25) is 0 Å². The molecule has 3 atom stereocenters. The first-order valence-corrected chi connectivity index (χ1v) is 12.1. The van der Waals surface area contributed by atoms with Crippen LogP contribution in [0.5, 0.6) is 0 Å². The normalized spacial score (nSPS) is 25.9. The number of likely N-dealkylation sites (tertiary alicyclic amines) is 1. The summed E-state index contributed by atoms with van der Waals surface area (Å²) in [4.78, 5) is 21.7. The number of benzene rings is 1. The zero-order valence-corrected chi connectivity index (χ0v) is 19.2. The molecule has 6 nitrogen and oxygen atoms in total. The second-order valence-electron chi connectivity index (χ2n) is 9.84. The van der Waals surface area contributed by atoms with Gasteiger partial charge in [-0.2, -0.15) is 0 Å². The minimum Gasteiger partial charge on any atom is -0.454 e. The number of esters is 1. The number of nitrogens with zero attached hydrogens (tertiary/aromatic N) is 3. The van der Waals surface area contributed by atoms with Crippen LogP contribution < -0.4 is 0 Å². The van der Waals surface area contributed by atoms with Gasteiger partial charge in [-0.1, -0.05) is 43.2 Å². The van der Waals surface area contributed by atoms with Crippen LogP contribution in [0.2, 0.25) is 0 Å². The standard InChI is InChI=1S/C26H36N3O3/c1-29(17-7-13-23-15-16-27-20-28-23)18-8-14-24(19-29)32-25(30)26(31,22-11-5-6-12-22)21-9-3-2-4-10-21/h2-4,9-10,15-16,20,22,24,31H,5-8,11-14,17-19H2,1H3/q+1/t24?,26?,29-/m1/s1. The first-order valence-electron chi connectivity index (χ1n) is 12.1. The minimum absolute atomic E-state index is 0.0743. The fraction of sp³-hybridized carbons (Fsp3) is 0.577. The molecule has 172 valence electrons. The maximum Gasteiger partial charge on any atom is 0.343 e. The first kappa shape index (κ1) is 22.9. The Labute approximate surface area is 191 Å². The van der Waals surface area contributed by atoms with Crippen molar-refractivity contribution < 1.29 is 19.1 Å². The summed E-state index contributed by atoms with van der Waals surface area (Å²) in [6.45, 7) is 2.90. The number of aryl methyl sites for hydroxylation is 1. The number of hydrogen-bond donors (Lipinski definition) is 1. The SMILES string of the molecule is C[N@@+]1(CCCc2ccncn2)CCCC(OC(=O)C(O)(c2ccccc2)C2CCCC2)C1. The molecule has 2 aliphatic rings. The number of hydrogen-bond acceptors (Lipinski definition) is 5. The van der Waals surface area contributed by atoms with Gasteiger partial charge in [0.05, 0.1) is 20.1 Å². The minimum atomic E-state index is -1.55. The van der Waals surface area contributed by atoms with Gasteiger partial charge in [0, 0.05) is 30.7 Å². The molecule has 4 rings (SSSR count). The second kappa shape index (κ2) is 10.1. The van der Waals surface area contributed by atoms with Gasteiger partial charge in [-0.05, 0) is 37.3 Å². The number of aromatic nitrogens is 2. The third-order valence-electron chi connectivity index (χ3n) is 7.39. The number of carbonyl (C=O) groups is 1. The van der Waals surface area contributed by atoms with Crippen LogP contribution in [0.1, 0.15) is 56.2 Å². The van der Waals surface area contributed by atoms with Gasteiger partial charge >= 0.3 is 5.97 Å². The molecule has 2 aromatic rings. The average Bonchev–Trinajstić information content (AvgIpc) is 3.35. The Kier molecular flexibility index (Phi) is 7.21. The summed E-state index contributed by atoms with van der Waals surface area (Å²) >= 11 is 0. The van der Waals surface area contributed by atoms with Gasteiger partial charge in [-0.15, -0.1) is 0 Å². The van der Waals surface area contributed by atoms with Crippen molar-refractivity contribution in [3.05, 3.63) is 60.2 Å². The van der Waals surface area contributed by atoms with E-state index in [1.807, 2.05) is 36.4 Å². The molecule has 2 unspecified atom stereocenters.